The number of methoxy groups -OCH3 is 2. The number of esters is 1. The molecule has 5 nitrogen and oxygen atoms in total. The van der Waals surface area contributed by atoms with Gasteiger partial charge in [0.25, 0.3) is 0 Å². The molecular weight excluding hydrogens is 270 g/mol. The van der Waals surface area contributed by atoms with Crippen LogP contribution in [0.25, 0.3) is 0 Å². The van der Waals surface area contributed by atoms with Gasteiger partial charge in [-0.3, -0.25) is 5.32 Å². The van der Waals surface area contributed by atoms with Gasteiger partial charge in [-0.25, -0.2) is 4.79 Å². The minimum Gasteiger partial charge on any atom is -0.497 e. The van der Waals surface area contributed by atoms with Gasteiger partial charge in [0.15, 0.2) is 0 Å². The van der Waals surface area contributed by atoms with Crippen molar-refractivity contribution in [1.82, 2.24) is 5.32 Å². The molecule has 1 N–H and O–H groups in total. The topological polar surface area (TPSA) is 56.8 Å². The highest BCUT2D eigenvalue weighted by Gasteiger charge is 2.39. The van der Waals surface area contributed by atoms with E-state index < -0.39 is 11.5 Å². The van der Waals surface area contributed by atoms with Crippen LogP contribution in [0.15, 0.2) is 18.2 Å². The molecule has 1 aromatic carbocycles. The van der Waals surface area contributed by atoms with E-state index in [9.17, 15) is 4.79 Å². The molecule has 0 radical (unpaired) electrons. The maximum atomic E-state index is 12.4. The summed E-state index contributed by atoms with van der Waals surface area (Å²) in [5.74, 6) is 3.21. The molecule has 0 aliphatic heterocycles. The van der Waals surface area contributed by atoms with Crippen molar-refractivity contribution in [3.05, 3.63) is 23.8 Å². The summed E-state index contributed by atoms with van der Waals surface area (Å²) in [7, 11) is 3.10. The Morgan fingerprint density at radius 1 is 1.38 bits per heavy atom. The van der Waals surface area contributed by atoms with Crippen molar-refractivity contribution in [2.75, 3.05) is 27.4 Å². The number of hydrogen-bond acceptors (Lipinski definition) is 5. The number of ether oxygens (including phenoxy) is 3. The summed E-state index contributed by atoms with van der Waals surface area (Å²) >= 11 is 0. The third kappa shape index (κ3) is 3.67. The molecule has 1 aromatic rings. The minimum absolute atomic E-state index is 0.218. The first-order valence-corrected chi connectivity index (χ1v) is 6.61. The average molecular weight is 291 g/mol. The Morgan fingerprint density at radius 2 is 2.10 bits per heavy atom. The van der Waals surface area contributed by atoms with Gasteiger partial charge in [-0.15, -0.1) is 6.42 Å². The molecule has 0 aliphatic carbocycles. The van der Waals surface area contributed by atoms with Crippen LogP contribution in [0.2, 0.25) is 0 Å². The Hall–Kier alpha value is -2.19. The van der Waals surface area contributed by atoms with E-state index in [4.69, 9.17) is 20.6 Å². The summed E-state index contributed by atoms with van der Waals surface area (Å²) in [6.45, 7) is 3.95. The predicted octanol–water partition coefficient (Wildman–Crippen LogP) is 1.70. The lowest BCUT2D eigenvalue weighted by molar-refractivity contribution is -0.151. The summed E-state index contributed by atoms with van der Waals surface area (Å²) in [6, 6.07) is 5.23. The van der Waals surface area contributed by atoms with E-state index in [0.29, 0.717) is 17.1 Å². The molecule has 21 heavy (non-hydrogen) atoms. The highest BCUT2D eigenvalue weighted by atomic mass is 16.5. The first-order valence-electron chi connectivity index (χ1n) is 6.61. The van der Waals surface area contributed by atoms with Crippen molar-refractivity contribution in [2.45, 2.75) is 19.4 Å². The van der Waals surface area contributed by atoms with Gasteiger partial charge in [-0.1, -0.05) is 5.92 Å². The molecule has 0 aliphatic rings. The molecule has 0 aromatic heterocycles. The van der Waals surface area contributed by atoms with E-state index in [1.165, 1.54) is 7.11 Å². The van der Waals surface area contributed by atoms with Gasteiger partial charge in [-0.05, 0) is 32.0 Å². The minimum atomic E-state index is -1.12. The van der Waals surface area contributed by atoms with Crippen molar-refractivity contribution in [3.8, 4) is 23.8 Å². The maximum absolute atomic E-state index is 12.4. The molecule has 0 spiro atoms. The second-order valence-corrected chi connectivity index (χ2v) is 4.47. The Kier molecular flexibility index (Phi) is 6.07. The fourth-order valence-electron chi connectivity index (χ4n) is 1.99. The van der Waals surface area contributed by atoms with E-state index in [1.54, 1.807) is 39.2 Å². The number of carbonyl (C=O) groups is 1. The first kappa shape index (κ1) is 16.9. The van der Waals surface area contributed by atoms with Crippen LogP contribution >= 0.6 is 0 Å². The van der Waals surface area contributed by atoms with Crippen molar-refractivity contribution in [3.63, 3.8) is 0 Å². The fraction of sp³-hybridized carbons (Fsp3) is 0.438. The fourth-order valence-corrected chi connectivity index (χ4v) is 1.99. The van der Waals surface area contributed by atoms with Crippen LogP contribution in [0.1, 0.15) is 19.4 Å². The first-order chi connectivity index (χ1) is 10.0. The highest BCUT2D eigenvalue weighted by molar-refractivity contribution is 5.83. The molecule has 0 saturated carbocycles. The van der Waals surface area contributed by atoms with Crippen LogP contribution in [-0.4, -0.2) is 33.3 Å². The Morgan fingerprint density at radius 3 is 2.62 bits per heavy atom. The summed E-state index contributed by atoms with van der Waals surface area (Å²) in [4.78, 5) is 12.4. The average Bonchev–Trinajstić information content (AvgIpc) is 2.52. The maximum Gasteiger partial charge on any atom is 0.330 e. The summed E-state index contributed by atoms with van der Waals surface area (Å²) in [5.41, 5.74) is -0.513. The molecule has 1 atom stereocenters. The standard InChI is InChI=1S/C16H21NO4/c1-6-10-17-16(3,15(18)21-7-2)13-11-12(19-4)8-9-14(13)20-5/h1,8-9,11,17H,7,10H2,2-5H3. The molecule has 5 heteroatoms. The van der Waals surface area contributed by atoms with Gasteiger partial charge in [0.1, 0.15) is 17.0 Å². The monoisotopic (exact) mass is 291 g/mol. The Labute approximate surface area is 125 Å². The van der Waals surface area contributed by atoms with Crippen molar-refractivity contribution >= 4 is 5.97 Å². The molecule has 114 valence electrons. The SMILES string of the molecule is C#CCNC(C)(C(=O)OCC)c1cc(OC)ccc1OC. The van der Waals surface area contributed by atoms with Crippen LogP contribution in [0.4, 0.5) is 0 Å². The third-order valence-corrected chi connectivity index (χ3v) is 3.17. The largest absolute Gasteiger partial charge is 0.497 e. The van der Waals surface area contributed by atoms with Crippen molar-refractivity contribution in [2.24, 2.45) is 0 Å². The summed E-state index contributed by atoms with van der Waals surface area (Å²) < 4.78 is 15.7. The normalized spacial score (nSPS) is 12.9. The molecule has 0 amide bonds. The summed E-state index contributed by atoms with van der Waals surface area (Å²) in [6.07, 6.45) is 5.29. The lowest BCUT2D eigenvalue weighted by Gasteiger charge is -2.30. The van der Waals surface area contributed by atoms with Gasteiger partial charge < -0.3 is 14.2 Å². The number of nitrogens with one attached hydrogen (secondary N) is 1. The molecule has 0 saturated heterocycles. The number of carbonyl (C=O) groups excluding carboxylic acids is 1. The van der Waals surface area contributed by atoms with E-state index in [1.807, 2.05) is 0 Å². The quantitative estimate of drug-likeness (QED) is 0.612. The zero-order valence-corrected chi connectivity index (χ0v) is 12.9. The van der Waals surface area contributed by atoms with Gasteiger partial charge in [0.05, 0.1) is 27.4 Å². The lowest BCUT2D eigenvalue weighted by atomic mass is 9.90. The van der Waals surface area contributed by atoms with E-state index >= 15 is 0 Å². The van der Waals surface area contributed by atoms with Gasteiger partial charge in [0.2, 0.25) is 0 Å². The highest BCUT2D eigenvalue weighted by Crippen LogP contribution is 2.34. The van der Waals surface area contributed by atoms with Gasteiger partial charge in [0, 0.05) is 5.56 Å². The van der Waals surface area contributed by atoms with E-state index in [0.717, 1.165) is 0 Å². The molecule has 0 heterocycles. The smallest absolute Gasteiger partial charge is 0.330 e. The van der Waals surface area contributed by atoms with Crippen molar-refractivity contribution in [1.29, 1.82) is 0 Å². The summed E-state index contributed by atoms with van der Waals surface area (Å²) in [5, 5.41) is 3.03. The molecule has 0 bridgehead atoms. The van der Waals surface area contributed by atoms with E-state index in [-0.39, 0.29) is 13.2 Å². The second-order valence-electron chi connectivity index (χ2n) is 4.47. The number of terminal acetylenes is 1. The van der Waals surface area contributed by atoms with Gasteiger partial charge in [-0.2, -0.15) is 0 Å². The molecule has 0 fully saturated rings. The number of rotatable bonds is 7. The van der Waals surface area contributed by atoms with Gasteiger partial charge >= 0.3 is 5.97 Å². The predicted molar refractivity (Wildman–Crippen MR) is 80.4 cm³/mol. The zero-order valence-electron chi connectivity index (χ0n) is 12.9. The van der Waals surface area contributed by atoms with E-state index in [2.05, 4.69) is 11.2 Å². The zero-order chi connectivity index (χ0) is 15.9. The third-order valence-electron chi connectivity index (χ3n) is 3.17. The van der Waals surface area contributed by atoms with Crippen LogP contribution in [-0.2, 0) is 15.1 Å². The van der Waals surface area contributed by atoms with Crippen LogP contribution in [0.3, 0.4) is 0 Å². The Balaban J connectivity index is 3.36. The Bertz CT molecular complexity index is 536. The van der Waals surface area contributed by atoms with Crippen LogP contribution in [0, 0.1) is 12.3 Å². The second kappa shape index (κ2) is 7.55. The van der Waals surface area contributed by atoms with Crippen LogP contribution in [0.5, 0.6) is 11.5 Å². The molecule has 1 rings (SSSR count). The van der Waals surface area contributed by atoms with Crippen molar-refractivity contribution < 1.29 is 19.0 Å². The number of hydrogen-bond donors (Lipinski definition) is 1. The number of benzene rings is 1. The van der Waals surface area contributed by atoms with Crippen LogP contribution < -0.4 is 14.8 Å². The molecule has 1 unspecified atom stereocenters. The molecular formula is C16H21NO4. The lowest BCUT2D eigenvalue weighted by Crippen LogP contribution is -2.48.